The van der Waals surface area contributed by atoms with Crippen molar-refractivity contribution < 1.29 is 4.79 Å². The third-order valence-corrected chi connectivity index (χ3v) is 5.66. The zero-order chi connectivity index (χ0) is 20.7. The summed E-state index contributed by atoms with van der Waals surface area (Å²) >= 11 is 0. The molecule has 10 heteroatoms. The smallest absolute Gasteiger partial charge is 0.263 e. The fraction of sp³-hybridized carbons (Fsp3) is 0.400. The van der Waals surface area contributed by atoms with E-state index < -0.39 is 0 Å². The maximum absolute atomic E-state index is 13.6. The van der Waals surface area contributed by atoms with Crippen molar-refractivity contribution in [3.8, 4) is 11.4 Å². The first-order chi connectivity index (χ1) is 14.7. The summed E-state index contributed by atoms with van der Waals surface area (Å²) in [6.45, 7) is 4.23. The lowest BCUT2D eigenvalue weighted by Crippen LogP contribution is -2.39. The zero-order valence-electron chi connectivity index (χ0n) is 17.0. The van der Waals surface area contributed by atoms with Crippen LogP contribution < -0.4 is 15.1 Å². The highest BCUT2D eigenvalue weighted by Crippen LogP contribution is 2.34. The molecule has 0 unspecified atom stereocenters. The number of benzene rings is 1. The molecule has 1 aromatic carbocycles. The van der Waals surface area contributed by atoms with Crippen LogP contribution in [0.3, 0.4) is 0 Å². The van der Waals surface area contributed by atoms with E-state index in [9.17, 15) is 4.79 Å². The van der Waals surface area contributed by atoms with Gasteiger partial charge in [0, 0.05) is 50.2 Å². The van der Waals surface area contributed by atoms with Gasteiger partial charge in [0.1, 0.15) is 11.4 Å². The van der Waals surface area contributed by atoms with Crippen LogP contribution in [0, 0.1) is 0 Å². The Kier molecular flexibility index (Phi) is 4.53. The van der Waals surface area contributed by atoms with Crippen LogP contribution in [-0.4, -0.2) is 61.8 Å². The molecule has 1 N–H and O–H groups in total. The second-order valence-electron chi connectivity index (χ2n) is 7.54. The fourth-order valence-corrected chi connectivity index (χ4v) is 4.24. The number of nitrogens with zero attached hydrogens (tertiary/aromatic N) is 8. The third kappa shape index (κ3) is 3.04. The maximum atomic E-state index is 13.6. The molecule has 1 saturated heterocycles. The predicted octanol–water partition coefficient (Wildman–Crippen LogP) is 1.73. The minimum Gasteiger partial charge on any atom is -0.354 e. The number of aromatic nitrogens is 6. The summed E-state index contributed by atoms with van der Waals surface area (Å²) in [5.41, 5.74) is 2.21. The molecule has 2 aliphatic heterocycles. The molecular formula is C20H23N9O. The number of tetrazole rings is 1. The lowest BCUT2D eigenvalue weighted by Gasteiger charge is -2.27. The summed E-state index contributed by atoms with van der Waals surface area (Å²) in [6, 6.07) is 8.00. The molecular weight excluding hydrogens is 382 g/mol. The average Bonchev–Trinajstić information content (AvgIpc) is 3.38. The number of rotatable bonds is 4. The topological polar surface area (TPSA) is 105 Å². The molecule has 1 amide bonds. The molecule has 154 valence electrons. The quantitative estimate of drug-likeness (QED) is 0.700. The van der Waals surface area contributed by atoms with Crippen molar-refractivity contribution in [1.82, 2.24) is 30.2 Å². The van der Waals surface area contributed by atoms with Gasteiger partial charge in [-0.25, -0.2) is 9.67 Å². The SMILES string of the molecule is CCNc1ncc2c(n1)N1CCC[C@H]1CN(c1cccc(-c3nnnn3C)c1)C2=O. The van der Waals surface area contributed by atoms with Crippen molar-refractivity contribution in [1.29, 1.82) is 0 Å². The van der Waals surface area contributed by atoms with Crippen molar-refractivity contribution in [3.05, 3.63) is 36.0 Å². The Morgan fingerprint density at radius 1 is 1.30 bits per heavy atom. The monoisotopic (exact) mass is 405 g/mol. The van der Waals surface area contributed by atoms with Gasteiger partial charge in [-0.2, -0.15) is 4.98 Å². The highest BCUT2D eigenvalue weighted by Gasteiger charge is 2.37. The van der Waals surface area contributed by atoms with Crippen molar-refractivity contribution in [2.75, 3.05) is 34.8 Å². The molecule has 3 aromatic rings. The minimum atomic E-state index is -0.0873. The van der Waals surface area contributed by atoms with E-state index in [-0.39, 0.29) is 11.9 Å². The van der Waals surface area contributed by atoms with Crippen molar-refractivity contribution in [2.24, 2.45) is 7.05 Å². The molecule has 0 radical (unpaired) electrons. The summed E-state index contributed by atoms with van der Waals surface area (Å²) in [6.07, 6.45) is 3.75. The molecule has 0 aliphatic carbocycles. The van der Waals surface area contributed by atoms with Crippen LogP contribution in [0.5, 0.6) is 0 Å². The lowest BCUT2D eigenvalue weighted by molar-refractivity contribution is 0.0988. The number of anilines is 3. The second-order valence-corrected chi connectivity index (χ2v) is 7.54. The van der Waals surface area contributed by atoms with Gasteiger partial charge in [0.05, 0.1) is 0 Å². The Morgan fingerprint density at radius 2 is 2.20 bits per heavy atom. The Bertz CT molecular complexity index is 1100. The molecule has 2 aliphatic rings. The molecule has 1 fully saturated rings. The van der Waals surface area contributed by atoms with E-state index in [0.29, 0.717) is 23.9 Å². The molecule has 1 atom stereocenters. The van der Waals surface area contributed by atoms with E-state index in [4.69, 9.17) is 0 Å². The number of amides is 1. The van der Waals surface area contributed by atoms with E-state index >= 15 is 0 Å². The van der Waals surface area contributed by atoms with E-state index in [1.54, 1.807) is 17.9 Å². The Labute approximate surface area is 173 Å². The summed E-state index contributed by atoms with van der Waals surface area (Å²) in [5, 5.41) is 14.9. The van der Waals surface area contributed by atoms with Gasteiger partial charge in [-0.15, -0.1) is 5.10 Å². The maximum Gasteiger partial charge on any atom is 0.263 e. The molecule has 10 nitrogen and oxygen atoms in total. The largest absolute Gasteiger partial charge is 0.354 e. The fourth-order valence-electron chi connectivity index (χ4n) is 4.24. The van der Waals surface area contributed by atoms with Gasteiger partial charge in [0.25, 0.3) is 5.91 Å². The van der Waals surface area contributed by atoms with Crippen molar-refractivity contribution >= 4 is 23.4 Å². The molecule has 2 aromatic heterocycles. The van der Waals surface area contributed by atoms with E-state index in [1.165, 1.54) is 0 Å². The molecule has 0 spiro atoms. The van der Waals surface area contributed by atoms with Gasteiger partial charge in [0.15, 0.2) is 5.82 Å². The highest BCUT2D eigenvalue weighted by atomic mass is 16.2. The first-order valence-electron chi connectivity index (χ1n) is 10.2. The summed E-state index contributed by atoms with van der Waals surface area (Å²) in [4.78, 5) is 26.7. The van der Waals surface area contributed by atoms with Crippen LogP contribution in [0.4, 0.5) is 17.5 Å². The number of aryl methyl sites for hydroxylation is 1. The van der Waals surface area contributed by atoms with E-state index in [0.717, 1.165) is 43.0 Å². The van der Waals surface area contributed by atoms with Gasteiger partial charge in [0.2, 0.25) is 5.95 Å². The van der Waals surface area contributed by atoms with Crippen LogP contribution in [0.2, 0.25) is 0 Å². The average molecular weight is 405 g/mol. The van der Waals surface area contributed by atoms with Crippen molar-refractivity contribution in [3.63, 3.8) is 0 Å². The second kappa shape index (κ2) is 7.36. The minimum absolute atomic E-state index is 0.0873. The number of carbonyl (C=O) groups excluding carboxylic acids is 1. The molecule has 30 heavy (non-hydrogen) atoms. The van der Waals surface area contributed by atoms with E-state index in [2.05, 4.69) is 35.7 Å². The van der Waals surface area contributed by atoms with Gasteiger partial charge >= 0.3 is 0 Å². The Morgan fingerprint density at radius 3 is 3.00 bits per heavy atom. The number of hydrogen-bond donors (Lipinski definition) is 1. The van der Waals surface area contributed by atoms with Crippen LogP contribution in [0.1, 0.15) is 30.1 Å². The van der Waals surface area contributed by atoms with Crippen molar-refractivity contribution in [2.45, 2.75) is 25.8 Å². The van der Waals surface area contributed by atoms with Gasteiger partial charge in [-0.05, 0) is 42.3 Å². The molecule has 4 heterocycles. The summed E-state index contributed by atoms with van der Waals surface area (Å²) in [7, 11) is 1.80. The van der Waals surface area contributed by atoms with Gasteiger partial charge in [-0.1, -0.05) is 12.1 Å². The first-order valence-corrected chi connectivity index (χ1v) is 10.2. The Balaban J connectivity index is 1.57. The number of hydrogen-bond acceptors (Lipinski definition) is 8. The zero-order valence-corrected chi connectivity index (χ0v) is 17.0. The summed E-state index contributed by atoms with van der Waals surface area (Å²) in [5.74, 6) is 1.85. The molecule has 0 bridgehead atoms. The van der Waals surface area contributed by atoms with Gasteiger partial charge in [-0.3, -0.25) is 4.79 Å². The highest BCUT2D eigenvalue weighted by molar-refractivity contribution is 6.10. The molecule has 0 saturated carbocycles. The standard InChI is InChI=1S/C20H23N9O/c1-3-21-20-22-11-16-18(23-20)28-9-5-8-15(28)12-29(19(16)30)14-7-4-6-13(10-14)17-24-25-26-27(17)2/h4,6-7,10-11,15H,3,5,8-9,12H2,1-2H3,(H,21,22,23)/t15-/m0/s1. The number of fused-ring (bicyclic) bond motifs is 3. The van der Waals surface area contributed by atoms with Crippen LogP contribution in [-0.2, 0) is 7.05 Å². The van der Waals surface area contributed by atoms with E-state index in [1.807, 2.05) is 36.1 Å². The number of nitrogens with one attached hydrogen (secondary N) is 1. The summed E-state index contributed by atoms with van der Waals surface area (Å²) < 4.78 is 1.62. The Hall–Kier alpha value is -3.56. The normalized spacial score (nSPS) is 18.2. The van der Waals surface area contributed by atoms with Crippen LogP contribution in [0.25, 0.3) is 11.4 Å². The predicted molar refractivity (Wildman–Crippen MR) is 112 cm³/mol. The van der Waals surface area contributed by atoms with Gasteiger partial charge < -0.3 is 15.1 Å². The molecule has 5 rings (SSSR count). The third-order valence-electron chi connectivity index (χ3n) is 5.66. The number of carbonyl (C=O) groups is 1. The first kappa shape index (κ1) is 18.5. The van der Waals surface area contributed by atoms with Crippen LogP contribution in [0.15, 0.2) is 30.5 Å². The van der Waals surface area contributed by atoms with Crippen LogP contribution >= 0.6 is 0 Å². The lowest BCUT2D eigenvalue weighted by atomic mass is 10.1.